The summed E-state index contributed by atoms with van der Waals surface area (Å²) >= 11 is 0. The number of pyridine rings is 1. The third-order valence-electron chi connectivity index (χ3n) is 4.92. The highest BCUT2D eigenvalue weighted by atomic mass is 16.2. The summed E-state index contributed by atoms with van der Waals surface area (Å²) in [6, 6.07) is 3.80. The van der Waals surface area contributed by atoms with E-state index in [-0.39, 0.29) is 29.7 Å². The molecule has 138 valence electrons. The van der Waals surface area contributed by atoms with Crippen LogP contribution in [-0.2, 0) is 4.79 Å². The molecule has 0 aliphatic carbocycles. The molecule has 1 aliphatic heterocycles. The first-order chi connectivity index (χ1) is 12.5. The minimum Gasteiger partial charge on any atom is -0.352 e. The van der Waals surface area contributed by atoms with Crippen LogP contribution in [0.3, 0.4) is 0 Å². The van der Waals surface area contributed by atoms with E-state index in [1.165, 1.54) is 0 Å². The number of rotatable bonds is 6. The monoisotopic (exact) mass is 355 g/mol. The molecule has 2 amide bonds. The number of aromatic nitrogens is 3. The molecule has 2 aromatic rings. The van der Waals surface area contributed by atoms with Crippen molar-refractivity contribution in [3.8, 4) is 0 Å². The Kier molecular flexibility index (Phi) is 5.35. The Hall–Kier alpha value is -2.70. The van der Waals surface area contributed by atoms with E-state index in [0.29, 0.717) is 25.1 Å². The van der Waals surface area contributed by atoms with Crippen LogP contribution in [0.1, 0.15) is 60.8 Å². The smallest absolute Gasteiger partial charge is 0.254 e. The lowest BCUT2D eigenvalue weighted by Crippen LogP contribution is -2.34. The van der Waals surface area contributed by atoms with Gasteiger partial charge in [-0.2, -0.15) is 5.10 Å². The van der Waals surface area contributed by atoms with Crippen LogP contribution in [0.5, 0.6) is 0 Å². The predicted molar refractivity (Wildman–Crippen MR) is 97.5 cm³/mol. The molecule has 3 heterocycles. The first kappa shape index (κ1) is 18.1. The van der Waals surface area contributed by atoms with E-state index < -0.39 is 0 Å². The number of carbonyl (C=O) groups is 2. The summed E-state index contributed by atoms with van der Waals surface area (Å²) in [6.45, 7) is 7.07. The second-order valence-corrected chi connectivity index (χ2v) is 6.94. The summed E-state index contributed by atoms with van der Waals surface area (Å²) in [5.74, 6) is 0.164. The standard InChI is InChI=1S/C19H25N5O2/c1-4-24-16(25)8-14(18(24)13-6-5-7-20-9-13)10-21-19(26)15-11-22-23-17(15)12(2)3/h5-7,9,11-12,14,18H,4,8,10H2,1-3H3,(H,21,26)(H,22,23)/t14-,18-/m0/s1. The Morgan fingerprint density at radius 2 is 2.23 bits per heavy atom. The van der Waals surface area contributed by atoms with E-state index in [2.05, 4.69) is 20.5 Å². The van der Waals surface area contributed by atoms with Gasteiger partial charge >= 0.3 is 0 Å². The minimum atomic E-state index is -0.158. The molecular formula is C19H25N5O2. The van der Waals surface area contributed by atoms with Crippen LogP contribution >= 0.6 is 0 Å². The third kappa shape index (κ3) is 3.47. The van der Waals surface area contributed by atoms with Gasteiger partial charge in [0.1, 0.15) is 0 Å². The lowest BCUT2D eigenvalue weighted by Gasteiger charge is -2.27. The molecule has 0 bridgehead atoms. The molecule has 0 unspecified atom stereocenters. The van der Waals surface area contributed by atoms with Crippen molar-refractivity contribution in [2.75, 3.05) is 13.1 Å². The highest BCUT2D eigenvalue weighted by Crippen LogP contribution is 2.37. The van der Waals surface area contributed by atoms with E-state index in [1.807, 2.05) is 37.8 Å². The molecule has 2 atom stereocenters. The van der Waals surface area contributed by atoms with Crippen LogP contribution < -0.4 is 5.32 Å². The zero-order valence-corrected chi connectivity index (χ0v) is 15.4. The van der Waals surface area contributed by atoms with Gasteiger partial charge in [-0.25, -0.2) is 0 Å². The van der Waals surface area contributed by atoms with Crippen LogP contribution in [0, 0.1) is 5.92 Å². The Bertz CT molecular complexity index is 771. The molecule has 0 saturated carbocycles. The van der Waals surface area contributed by atoms with Gasteiger partial charge in [-0.3, -0.25) is 19.7 Å². The highest BCUT2D eigenvalue weighted by Gasteiger charge is 2.40. The van der Waals surface area contributed by atoms with Crippen molar-refractivity contribution >= 4 is 11.8 Å². The molecule has 7 heteroatoms. The van der Waals surface area contributed by atoms with Crippen molar-refractivity contribution in [1.82, 2.24) is 25.4 Å². The molecule has 0 spiro atoms. The SMILES string of the molecule is CCN1C(=O)C[C@@H](CNC(=O)c2cn[nH]c2C(C)C)[C@@H]1c1cccnc1. The maximum absolute atomic E-state index is 12.6. The molecular weight excluding hydrogens is 330 g/mol. The zero-order chi connectivity index (χ0) is 18.7. The van der Waals surface area contributed by atoms with Crippen molar-refractivity contribution in [3.05, 3.63) is 47.5 Å². The molecule has 1 fully saturated rings. The van der Waals surface area contributed by atoms with Gasteiger partial charge in [-0.15, -0.1) is 0 Å². The normalized spacial score (nSPS) is 20.0. The van der Waals surface area contributed by atoms with E-state index in [9.17, 15) is 9.59 Å². The van der Waals surface area contributed by atoms with Crippen molar-refractivity contribution < 1.29 is 9.59 Å². The first-order valence-electron chi connectivity index (χ1n) is 9.03. The van der Waals surface area contributed by atoms with Crippen LogP contribution in [0.2, 0.25) is 0 Å². The number of carbonyl (C=O) groups excluding carboxylic acids is 2. The van der Waals surface area contributed by atoms with E-state index >= 15 is 0 Å². The fourth-order valence-electron chi connectivity index (χ4n) is 3.66. The topological polar surface area (TPSA) is 91.0 Å². The van der Waals surface area contributed by atoms with Gasteiger partial charge < -0.3 is 10.2 Å². The number of nitrogens with one attached hydrogen (secondary N) is 2. The number of likely N-dealkylation sites (tertiary alicyclic amines) is 1. The van der Waals surface area contributed by atoms with Crippen LogP contribution in [0.25, 0.3) is 0 Å². The molecule has 0 radical (unpaired) electrons. The summed E-state index contributed by atoms with van der Waals surface area (Å²) in [6.07, 6.45) is 5.50. The Labute approximate surface area is 153 Å². The summed E-state index contributed by atoms with van der Waals surface area (Å²) in [7, 11) is 0. The summed E-state index contributed by atoms with van der Waals surface area (Å²) in [5, 5.41) is 9.87. The molecule has 3 rings (SSSR count). The fourth-order valence-corrected chi connectivity index (χ4v) is 3.66. The quantitative estimate of drug-likeness (QED) is 0.831. The molecule has 7 nitrogen and oxygen atoms in total. The van der Waals surface area contributed by atoms with Gasteiger partial charge in [-0.1, -0.05) is 19.9 Å². The molecule has 2 aromatic heterocycles. The number of hydrogen-bond acceptors (Lipinski definition) is 4. The van der Waals surface area contributed by atoms with Crippen molar-refractivity contribution in [1.29, 1.82) is 0 Å². The first-order valence-corrected chi connectivity index (χ1v) is 9.03. The second kappa shape index (κ2) is 7.68. The second-order valence-electron chi connectivity index (χ2n) is 6.94. The molecule has 1 saturated heterocycles. The third-order valence-corrected chi connectivity index (χ3v) is 4.92. The Balaban J connectivity index is 1.74. The Morgan fingerprint density at radius 1 is 1.42 bits per heavy atom. The van der Waals surface area contributed by atoms with Gasteiger partial charge in [0.05, 0.1) is 23.5 Å². The highest BCUT2D eigenvalue weighted by molar-refractivity contribution is 5.95. The maximum Gasteiger partial charge on any atom is 0.254 e. The van der Waals surface area contributed by atoms with Crippen molar-refractivity contribution in [2.24, 2.45) is 5.92 Å². The van der Waals surface area contributed by atoms with E-state index in [1.54, 1.807) is 18.6 Å². The van der Waals surface area contributed by atoms with Crippen molar-refractivity contribution in [2.45, 2.75) is 39.2 Å². The van der Waals surface area contributed by atoms with Crippen LogP contribution in [0.4, 0.5) is 0 Å². The Morgan fingerprint density at radius 3 is 2.88 bits per heavy atom. The summed E-state index contributed by atoms with van der Waals surface area (Å²) in [5.41, 5.74) is 2.39. The lowest BCUT2D eigenvalue weighted by molar-refractivity contribution is -0.128. The van der Waals surface area contributed by atoms with Gasteiger partial charge in [0, 0.05) is 37.8 Å². The zero-order valence-electron chi connectivity index (χ0n) is 15.4. The van der Waals surface area contributed by atoms with Gasteiger partial charge in [0.25, 0.3) is 5.91 Å². The minimum absolute atomic E-state index is 0.0185. The number of hydrogen-bond donors (Lipinski definition) is 2. The molecule has 0 aromatic carbocycles. The lowest BCUT2D eigenvalue weighted by atomic mass is 9.94. The van der Waals surface area contributed by atoms with E-state index in [4.69, 9.17) is 0 Å². The van der Waals surface area contributed by atoms with Gasteiger partial charge in [0.2, 0.25) is 5.91 Å². The number of aromatic amines is 1. The number of nitrogens with zero attached hydrogens (tertiary/aromatic N) is 3. The number of H-pyrrole nitrogens is 1. The van der Waals surface area contributed by atoms with Crippen LogP contribution in [-0.4, -0.2) is 45.0 Å². The molecule has 26 heavy (non-hydrogen) atoms. The predicted octanol–water partition coefficient (Wildman–Crippen LogP) is 2.27. The van der Waals surface area contributed by atoms with Gasteiger partial charge in [0.15, 0.2) is 0 Å². The van der Waals surface area contributed by atoms with Crippen molar-refractivity contribution in [3.63, 3.8) is 0 Å². The van der Waals surface area contributed by atoms with E-state index in [0.717, 1.165) is 11.3 Å². The average molecular weight is 355 g/mol. The van der Waals surface area contributed by atoms with Crippen LogP contribution in [0.15, 0.2) is 30.7 Å². The largest absolute Gasteiger partial charge is 0.352 e. The fraction of sp³-hybridized carbons (Fsp3) is 0.474. The van der Waals surface area contributed by atoms with Gasteiger partial charge in [-0.05, 0) is 24.5 Å². The molecule has 2 N–H and O–H groups in total. The molecule has 1 aliphatic rings. The maximum atomic E-state index is 12.6. The number of amides is 2. The summed E-state index contributed by atoms with van der Waals surface area (Å²) < 4.78 is 0. The average Bonchev–Trinajstić information content (AvgIpc) is 3.24. The summed E-state index contributed by atoms with van der Waals surface area (Å²) in [4.78, 5) is 31.0.